The third kappa shape index (κ3) is 2.57. The minimum absolute atomic E-state index is 0.244. The summed E-state index contributed by atoms with van der Waals surface area (Å²) in [6.45, 7) is -0.244. The van der Waals surface area contributed by atoms with Gasteiger partial charge in [0.25, 0.3) is 0 Å². The number of aliphatic hydroxyl groups excluding tert-OH is 1. The number of methoxy groups -OCH3 is 3. The smallest absolute Gasteiger partial charge is 0.203 e. The molecule has 0 amide bonds. The van der Waals surface area contributed by atoms with Crippen LogP contribution in [0.5, 0.6) is 17.2 Å². The van der Waals surface area contributed by atoms with Crippen LogP contribution in [0.25, 0.3) is 0 Å². The summed E-state index contributed by atoms with van der Waals surface area (Å²) >= 11 is 6.09. The van der Waals surface area contributed by atoms with E-state index >= 15 is 0 Å². The first-order valence-electron chi connectivity index (χ1n) is 4.95. The number of ether oxygens (including phenoxy) is 3. The first kappa shape index (κ1) is 13.9. The molecule has 0 saturated carbocycles. The molecular formula is C11H16ClNO4. The van der Waals surface area contributed by atoms with Gasteiger partial charge in [0.15, 0.2) is 11.5 Å². The van der Waals surface area contributed by atoms with Gasteiger partial charge in [-0.3, -0.25) is 0 Å². The Morgan fingerprint density at radius 3 is 2.24 bits per heavy atom. The van der Waals surface area contributed by atoms with Crippen LogP contribution in [0.4, 0.5) is 0 Å². The number of rotatable bonds is 5. The summed E-state index contributed by atoms with van der Waals surface area (Å²) in [5.41, 5.74) is 6.27. The number of aliphatic hydroxyl groups is 1. The normalized spacial score (nSPS) is 12.1. The summed E-state index contributed by atoms with van der Waals surface area (Å²) in [6.07, 6.45) is 0. The first-order valence-corrected chi connectivity index (χ1v) is 5.33. The standard InChI is InChI=1S/C11H16ClNO4/c1-15-8-4-6(12)9(7(13)5-14)11(17-3)10(8)16-2/h4,7,14H,5,13H2,1-3H3. The molecule has 0 saturated heterocycles. The molecule has 0 heterocycles. The van der Waals surface area contributed by atoms with E-state index in [4.69, 9.17) is 36.7 Å². The molecule has 6 heteroatoms. The van der Waals surface area contributed by atoms with Gasteiger partial charge in [-0.2, -0.15) is 0 Å². The maximum atomic E-state index is 9.11. The number of hydrogen-bond donors (Lipinski definition) is 2. The van der Waals surface area contributed by atoms with Gasteiger partial charge in [-0.1, -0.05) is 11.6 Å². The Bertz CT molecular complexity index is 398. The van der Waals surface area contributed by atoms with Gasteiger partial charge in [0.2, 0.25) is 5.75 Å². The van der Waals surface area contributed by atoms with Crippen molar-refractivity contribution in [2.45, 2.75) is 6.04 Å². The third-order valence-electron chi connectivity index (χ3n) is 2.39. The zero-order valence-electron chi connectivity index (χ0n) is 9.99. The van der Waals surface area contributed by atoms with Crippen molar-refractivity contribution in [3.63, 3.8) is 0 Å². The van der Waals surface area contributed by atoms with Crippen LogP contribution < -0.4 is 19.9 Å². The summed E-state index contributed by atoms with van der Waals surface area (Å²) in [6, 6.07) is 0.936. The van der Waals surface area contributed by atoms with Gasteiger partial charge in [-0.15, -0.1) is 0 Å². The van der Waals surface area contributed by atoms with Gasteiger partial charge >= 0.3 is 0 Å². The van der Waals surface area contributed by atoms with Crippen molar-refractivity contribution in [2.24, 2.45) is 5.73 Å². The summed E-state index contributed by atoms with van der Waals surface area (Å²) in [5, 5.41) is 9.47. The lowest BCUT2D eigenvalue weighted by Gasteiger charge is -2.20. The lowest BCUT2D eigenvalue weighted by molar-refractivity contribution is 0.262. The quantitative estimate of drug-likeness (QED) is 0.837. The van der Waals surface area contributed by atoms with E-state index in [0.717, 1.165) is 0 Å². The second kappa shape index (κ2) is 5.95. The molecule has 0 radical (unpaired) electrons. The molecule has 17 heavy (non-hydrogen) atoms. The van der Waals surface area contributed by atoms with Crippen LogP contribution in [0.3, 0.4) is 0 Å². The topological polar surface area (TPSA) is 73.9 Å². The Kier molecular flexibility index (Phi) is 4.86. The number of halogens is 1. The highest BCUT2D eigenvalue weighted by Gasteiger charge is 2.23. The predicted octanol–water partition coefficient (Wildman–Crippen LogP) is 1.36. The van der Waals surface area contributed by atoms with E-state index in [1.165, 1.54) is 21.3 Å². The fourth-order valence-corrected chi connectivity index (χ4v) is 1.91. The molecule has 1 atom stereocenters. The van der Waals surface area contributed by atoms with Crippen molar-refractivity contribution >= 4 is 11.6 Å². The zero-order valence-corrected chi connectivity index (χ0v) is 10.7. The molecule has 5 nitrogen and oxygen atoms in total. The van der Waals surface area contributed by atoms with E-state index in [-0.39, 0.29) is 6.61 Å². The first-order chi connectivity index (χ1) is 8.10. The second-order valence-electron chi connectivity index (χ2n) is 3.33. The van der Waals surface area contributed by atoms with Gasteiger partial charge in [0.1, 0.15) is 0 Å². The molecule has 0 spiro atoms. The Labute approximate surface area is 105 Å². The van der Waals surface area contributed by atoms with Gasteiger partial charge in [0, 0.05) is 11.6 Å². The SMILES string of the molecule is COc1cc(Cl)c(C(N)CO)c(OC)c1OC. The highest BCUT2D eigenvalue weighted by atomic mass is 35.5. The molecule has 0 aromatic heterocycles. The Morgan fingerprint density at radius 1 is 1.24 bits per heavy atom. The average Bonchev–Trinajstić information content (AvgIpc) is 2.36. The van der Waals surface area contributed by atoms with E-state index in [9.17, 15) is 0 Å². The molecule has 0 fully saturated rings. The van der Waals surface area contributed by atoms with Crippen molar-refractivity contribution in [1.82, 2.24) is 0 Å². The highest BCUT2D eigenvalue weighted by Crippen LogP contribution is 2.45. The fourth-order valence-electron chi connectivity index (χ4n) is 1.59. The summed E-state index contributed by atoms with van der Waals surface area (Å²) in [7, 11) is 4.46. The van der Waals surface area contributed by atoms with Crippen LogP contribution in [0.2, 0.25) is 5.02 Å². The van der Waals surface area contributed by atoms with Crippen molar-refractivity contribution in [1.29, 1.82) is 0 Å². The summed E-state index contributed by atoms with van der Waals surface area (Å²) in [4.78, 5) is 0. The lowest BCUT2D eigenvalue weighted by atomic mass is 10.1. The average molecular weight is 262 g/mol. The molecule has 1 aromatic carbocycles. The van der Waals surface area contributed by atoms with Gasteiger partial charge < -0.3 is 25.1 Å². The Hall–Kier alpha value is -1.17. The minimum atomic E-state index is -0.641. The molecule has 0 bridgehead atoms. The van der Waals surface area contributed by atoms with Crippen LogP contribution >= 0.6 is 11.6 Å². The minimum Gasteiger partial charge on any atom is -0.493 e. The van der Waals surface area contributed by atoms with Crippen molar-refractivity contribution in [2.75, 3.05) is 27.9 Å². The molecule has 1 aromatic rings. The zero-order chi connectivity index (χ0) is 13.0. The number of benzene rings is 1. The monoisotopic (exact) mass is 261 g/mol. The van der Waals surface area contributed by atoms with E-state index in [0.29, 0.717) is 27.8 Å². The van der Waals surface area contributed by atoms with Crippen molar-refractivity contribution < 1.29 is 19.3 Å². The second-order valence-corrected chi connectivity index (χ2v) is 3.74. The molecule has 0 aliphatic rings. The highest BCUT2D eigenvalue weighted by molar-refractivity contribution is 6.32. The number of nitrogens with two attached hydrogens (primary N) is 1. The molecule has 3 N–H and O–H groups in total. The molecule has 0 aliphatic heterocycles. The Balaban J connectivity index is 3.48. The largest absolute Gasteiger partial charge is 0.493 e. The van der Waals surface area contributed by atoms with Crippen LogP contribution in [0, 0.1) is 0 Å². The molecule has 1 rings (SSSR count). The number of hydrogen-bond acceptors (Lipinski definition) is 5. The van der Waals surface area contributed by atoms with E-state index in [1.54, 1.807) is 6.07 Å². The predicted molar refractivity (Wildman–Crippen MR) is 65.1 cm³/mol. The Morgan fingerprint density at radius 2 is 1.82 bits per heavy atom. The van der Waals surface area contributed by atoms with Gasteiger partial charge in [0.05, 0.1) is 39.0 Å². The molecular weight excluding hydrogens is 246 g/mol. The third-order valence-corrected chi connectivity index (χ3v) is 2.70. The molecule has 0 aliphatic carbocycles. The van der Waals surface area contributed by atoms with Crippen molar-refractivity contribution in [3.05, 3.63) is 16.7 Å². The van der Waals surface area contributed by atoms with Crippen LogP contribution in [-0.2, 0) is 0 Å². The van der Waals surface area contributed by atoms with Crippen molar-refractivity contribution in [3.8, 4) is 17.2 Å². The fraction of sp³-hybridized carbons (Fsp3) is 0.455. The van der Waals surface area contributed by atoms with Crippen LogP contribution in [0.1, 0.15) is 11.6 Å². The summed E-state index contributed by atoms with van der Waals surface area (Å²) < 4.78 is 15.6. The maximum absolute atomic E-state index is 9.11. The summed E-state index contributed by atoms with van der Waals surface area (Å²) in [5.74, 6) is 1.22. The molecule has 1 unspecified atom stereocenters. The van der Waals surface area contributed by atoms with Gasteiger partial charge in [-0.25, -0.2) is 0 Å². The van der Waals surface area contributed by atoms with E-state index in [2.05, 4.69) is 0 Å². The maximum Gasteiger partial charge on any atom is 0.203 e. The molecule has 96 valence electrons. The van der Waals surface area contributed by atoms with Crippen LogP contribution in [0.15, 0.2) is 6.07 Å². The van der Waals surface area contributed by atoms with E-state index in [1.807, 2.05) is 0 Å². The van der Waals surface area contributed by atoms with Gasteiger partial charge in [-0.05, 0) is 0 Å². The lowest BCUT2D eigenvalue weighted by Crippen LogP contribution is -2.16. The van der Waals surface area contributed by atoms with E-state index < -0.39 is 6.04 Å². The van der Waals surface area contributed by atoms with Crippen LogP contribution in [-0.4, -0.2) is 33.0 Å².